The molecule has 52 valence electrons. The summed E-state index contributed by atoms with van der Waals surface area (Å²) >= 11 is 0. The molecule has 1 rings (SSSR count). The highest BCUT2D eigenvalue weighted by Crippen LogP contribution is 2.06. The van der Waals surface area contributed by atoms with E-state index < -0.39 is 0 Å². The molecule has 1 N–H and O–H groups in total. The second-order valence-corrected chi connectivity index (χ2v) is 2.58. The first-order valence-corrected chi connectivity index (χ1v) is 3.48. The molecule has 2 unspecified atom stereocenters. The van der Waals surface area contributed by atoms with Gasteiger partial charge in [-0.15, -0.1) is 0 Å². The maximum atomic E-state index is 10.7. The van der Waals surface area contributed by atoms with Crippen LogP contribution in [0.3, 0.4) is 0 Å². The van der Waals surface area contributed by atoms with E-state index in [4.69, 9.17) is 0 Å². The van der Waals surface area contributed by atoms with Crippen molar-refractivity contribution in [2.24, 2.45) is 0 Å². The highest BCUT2D eigenvalue weighted by molar-refractivity contribution is 4.93. The summed E-state index contributed by atoms with van der Waals surface area (Å²) in [5.74, 6) is 0. The van der Waals surface area contributed by atoms with Gasteiger partial charge in [0.25, 0.3) is 0 Å². The van der Waals surface area contributed by atoms with Crippen LogP contribution in [0.2, 0.25) is 0 Å². The van der Waals surface area contributed by atoms with E-state index in [0.29, 0.717) is 5.06 Å². The van der Waals surface area contributed by atoms with Gasteiger partial charge in [0.15, 0.2) is 0 Å². The lowest BCUT2D eigenvalue weighted by Crippen LogP contribution is -3.08. The van der Waals surface area contributed by atoms with Crippen molar-refractivity contribution in [1.29, 1.82) is 0 Å². The van der Waals surface area contributed by atoms with Crippen LogP contribution in [-0.4, -0.2) is 13.1 Å². The van der Waals surface area contributed by atoms with Gasteiger partial charge < -0.3 is 10.3 Å². The second-order valence-electron chi connectivity index (χ2n) is 2.58. The molecule has 0 aromatic heterocycles. The SMILES string of the molecule is C[NH+]([O-])C1C=CCCC1. The number of hydrogen-bond donors (Lipinski definition) is 1. The highest BCUT2D eigenvalue weighted by Gasteiger charge is 2.09. The van der Waals surface area contributed by atoms with Crippen LogP contribution in [0, 0.1) is 5.21 Å². The first-order chi connectivity index (χ1) is 4.30. The van der Waals surface area contributed by atoms with E-state index in [0.717, 1.165) is 12.8 Å². The van der Waals surface area contributed by atoms with Crippen molar-refractivity contribution >= 4 is 0 Å². The van der Waals surface area contributed by atoms with E-state index in [2.05, 4.69) is 6.08 Å². The van der Waals surface area contributed by atoms with Gasteiger partial charge in [-0.2, -0.15) is 0 Å². The van der Waals surface area contributed by atoms with Crippen LogP contribution in [-0.2, 0) is 0 Å². The van der Waals surface area contributed by atoms with Crippen LogP contribution >= 0.6 is 0 Å². The Bertz CT molecular complexity index is 109. The Morgan fingerprint density at radius 3 is 2.78 bits per heavy atom. The first kappa shape index (κ1) is 6.78. The molecule has 2 atom stereocenters. The zero-order valence-electron chi connectivity index (χ0n) is 5.76. The van der Waals surface area contributed by atoms with Crippen LogP contribution in [0.5, 0.6) is 0 Å². The maximum absolute atomic E-state index is 10.7. The average Bonchev–Trinajstić information content (AvgIpc) is 1.90. The smallest absolute Gasteiger partial charge is 0.106 e. The van der Waals surface area contributed by atoms with Crippen LogP contribution in [0.25, 0.3) is 0 Å². The first-order valence-electron chi connectivity index (χ1n) is 3.48. The van der Waals surface area contributed by atoms with Crippen molar-refractivity contribution in [2.45, 2.75) is 25.3 Å². The minimum Gasteiger partial charge on any atom is -0.634 e. The molecule has 0 bridgehead atoms. The second kappa shape index (κ2) is 2.99. The summed E-state index contributed by atoms with van der Waals surface area (Å²) in [6.45, 7) is 0. The van der Waals surface area contributed by atoms with E-state index in [1.807, 2.05) is 6.08 Å². The number of likely N-dealkylation sites (N-methyl/N-ethyl adjacent to an activating group) is 1. The Kier molecular flexibility index (Phi) is 2.25. The van der Waals surface area contributed by atoms with E-state index in [9.17, 15) is 5.21 Å². The third kappa shape index (κ3) is 1.80. The summed E-state index contributed by atoms with van der Waals surface area (Å²) in [6.07, 6.45) is 7.54. The molecule has 0 amide bonds. The van der Waals surface area contributed by atoms with E-state index in [-0.39, 0.29) is 6.04 Å². The molecule has 0 heterocycles. The molecule has 2 heteroatoms. The number of hydroxylamine groups is 2. The monoisotopic (exact) mass is 127 g/mol. The molecule has 0 spiro atoms. The molecule has 1 aliphatic carbocycles. The summed E-state index contributed by atoms with van der Waals surface area (Å²) in [4.78, 5) is 0. The fourth-order valence-electron chi connectivity index (χ4n) is 1.15. The van der Waals surface area contributed by atoms with E-state index in [1.54, 1.807) is 7.05 Å². The third-order valence-electron chi connectivity index (χ3n) is 1.78. The van der Waals surface area contributed by atoms with Gasteiger partial charge in [0.2, 0.25) is 0 Å². The quantitative estimate of drug-likeness (QED) is 0.393. The van der Waals surface area contributed by atoms with Gasteiger partial charge in [-0.3, -0.25) is 0 Å². The van der Waals surface area contributed by atoms with Crippen molar-refractivity contribution in [3.05, 3.63) is 17.4 Å². The molecule has 0 aromatic carbocycles. The molecule has 0 saturated heterocycles. The fourth-order valence-corrected chi connectivity index (χ4v) is 1.15. The van der Waals surface area contributed by atoms with Crippen molar-refractivity contribution in [1.82, 2.24) is 0 Å². The Labute approximate surface area is 55.7 Å². The predicted octanol–water partition coefficient (Wildman–Crippen LogP) is 0.108. The number of rotatable bonds is 1. The Hall–Kier alpha value is -0.340. The summed E-state index contributed by atoms with van der Waals surface area (Å²) in [6, 6.07) is 0.235. The van der Waals surface area contributed by atoms with Gasteiger partial charge in [0, 0.05) is 6.42 Å². The lowest BCUT2D eigenvalue weighted by atomic mass is 10.0. The molecule has 0 radical (unpaired) electrons. The minimum atomic E-state index is 0.235. The van der Waals surface area contributed by atoms with Gasteiger partial charge in [0.1, 0.15) is 6.04 Å². The van der Waals surface area contributed by atoms with Crippen molar-refractivity contribution in [2.75, 3.05) is 7.05 Å². The highest BCUT2D eigenvalue weighted by atomic mass is 16.5. The largest absolute Gasteiger partial charge is 0.634 e. The topological polar surface area (TPSA) is 27.5 Å². The molecule has 0 aliphatic heterocycles. The normalized spacial score (nSPS) is 30.2. The van der Waals surface area contributed by atoms with Gasteiger partial charge >= 0.3 is 0 Å². The zero-order valence-corrected chi connectivity index (χ0v) is 5.76. The molecular formula is C7H13NO. The number of hydrogen-bond acceptors (Lipinski definition) is 1. The Morgan fingerprint density at radius 2 is 2.44 bits per heavy atom. The zero-order chi connectivity index (χ0) is 6.69. The van der Waals surface area contributed by atoms with Crippen LogP contribution < -0.4 is 5.06 Å². The molecule has 9 heavy (non-hydrogen) atoms. The molecule has 1 aliphatic rings. The molecule has 0 aromatic rings. The molecule has 0 fully saturated rings. The van der Waals surface area contributed by atoms with Crippen LogP contribution in [0.1, 0.15) is 19.3 Å². The van der Waals surface area contributed by atoms with Gasteiger partial charge in [-0.1, -0.05) is 6.08 Å². The van der Waals surface area contributed by atoms with Crippen molar-refractivity contribution in [3.8, 4) is 0 Å². The lowest BCUT2D eigenvalue weighted by molar-refractivity contribution is -0.847. The van der Waals surface area contributed by atoms with E-state index in [1.165, 1.54) is 6.42 Å². The standard InChI is InChI=1S/C7H13NO/c1-8(9)7-5-3-2-4-6-7/h3,5,7-8H,2,4,6H2,1H3. The van der Waals surface area contributed by atoms with Gasteiger partial charge in [0.05, 0.1) is 7.05 Å². The third-order valence-corrected chi connectivity index (χ3v) is 1.78. The predicted molar refractivity (Wildman–Crippen MR) is 37.0 cm³/mol. The summed E-state index contributed by atoms with van der Waals surface area (Å²) in [5, 5.41) is 11.1. The fraction of sp³-hybridized carbons (Fsp3) is 0.714. The van der Waals surface area contributed by atoms with E-state index >= 15 is 0 Å². The molecular weight excluding hydrogens is 114 g/mol. The Morgan fingerprint density at radius 1 is 1.67 bits per heavy atom. The lowest BCUT2D eigenvalue weighted by Gasteiger charge is -2.26. The Balaban J connectivity index is 2.40. The van der Waals surface area contributed by atoms with Gasteiger partial charge in [-0.05, 0) is 18.9 Å². The van der Waals surface area contributed by atoms with Gasteiger partial charge in [-0.25, -0.2) is 0 Å². The van der Waals surface area contributed by atoms with Crippen LogP contribution in [0.4, 0.5) is 0 Å². The summed E-state index contributed by atoms with van der Waals surface area (Å²) in [5.41, 5.74) is 0. The molecule has 0 saturated carbocycles. The molecule has 2 nitrogen and oxygen atoms in total. The minimum absolute atomic E-state index is 0.235. The summed E-state index contributed by atoms with van der Waals surface area (Å²) in [7, 11) is 1.67. The van der Waals surface area contributed by atoms with Crippen LogP contribution in [0.15, 0.2) is 12.2 Å². The number of nitrogens with one attached hydrogen (secondary N) is 1. The average molecular weight is 127 g/mol. The number of allylic oxidation sites excluding steroid dienone is 1. The van der Waals surface area contributed by atoms with Crippen molar-refractivity contribution in [3.63, 3.8) is 0 Å². The van der Waals surface area contributed by atoms with Crippen molar-refractivity contribution < 1.29 is 5.06 Å². The number of quaternary nitrogens is 1. The summed E-state index contributed by atoms with van der Waals surface area (Å²) < 4.78 is 0. The maximum Gasteiger partial charge on any atom is 0.106 e.